The number of phenolic OH excluding ortho intramolecular Hbond substituents is 1. The smallest absolute Gasteiger partial charge is 0.271 e. The molecule has 1 fully saturated rings. The maximum atomic E-state index is 13.1. The van der Waals surface area contributed by atoms with Crippen LogP contribution in [0.15, 0.2) is 100 Å². The molecule has 0 radical (unpaired) electrons. The van der Waals surface area contributed by atoms with E-state index >= 15 is 0 Å². The monoisotopic (exact) mass is 399 g/mol. The van der Waals surface area contributed by atoms with Crippen molar-refractivity contribution in [3.8, 4) is 5.75 Å². The number of carbonyl (C=O) groups excluding carboxylic acids is 1. The maximum absolute atomic E-state index is 13.1. The Balaban J connectivity index is 1.69. The molecular formula is C23H17N3O2S. The summed E-state index contributed by atoms with van der Waals surface area (Å²) in [5, 5.41) is 18.5. The third kappa shape index (κ3) is 4.44. The van der Waals surface area contributed by atoms with Crippen molar-refractivity contribution in [2.45, 2.75) is 0 Å². The lowest BCUT2D eigenvalue weighted by Crippen LogP contribution is -2.28. The van der Waals surface area contributed by atoms with Crippen molar-refractivity contribution in [2.75, 3.05) is 4.90 Å². The Morgan fingerprint density at radius 2 is 1.45 bits per heavy atom. The van der Waals surface area contributed by atoms with Crippen LogP contribution in [-0.2, 0) is 4.79 Å². The first kappa shape index (κ1) is 18.7. The van der Waals surface area contributed by atoms with E-state index in [2.05, 4.69) is 10.2 Å². The number of amidine groups is 1. The summed E-state index contributed by atoms with van der Waals surface area (Å²) in [6, 6.07) is 25.7. The molecule has 1 aliphatic rings. The Bertz CT molecular complexity index is 1090. The normalized spacial score (nSPS) is 17.0. The van der Waals surface area contributed by atoms with Crippen LogP contribution in [0, 0.1) is 0 Å². The predicted molar refractivity (Wildman–Crippen MR) is 119 cm³/mol. The van der Waals surface area contributed by atoms with Crippen LogP contribution in [0.2, 0.25) is 0 Å². The minimum atomic E-state index is -0.182. The van der Waals surface area contributed by atoms with Gasteiger partial charge in [0, 0.05) is 0 Å². The van der Waals surface area contributed by atoms with Gasteiger partial charge in [0.2, 0.25) is 5.17 Å². The van der Waals surface area contributed by atoms with Gasteiger partial charge in [-0.25, -0.2) is 0 Å². The van der Waals surface area contributed by atoms with Crippen molar-refractivity contribution in [1.29, 1.82) is 0 Å². The molecular weight excluding hydrogens is 382 g/mol. The summed E-state index contributed by atoms with van der Waals surface area (Å²) in [7, 11) is 0. The van der Waals surface area contributed by atoms with E-state index in [1.807, 2.05) is 66.7 Å². The summed E-state index contributed by atoms with van der Waals surface area (Å²) >= 11 is 1.27. The summed E-state index contributed by atoms with van der Waals surface area (Å²) in [5.74, 6) is -0.0492. The Morgan fingerprint density at radius 1 is 0.828 bits per heavy atom. The standard InChI is InChI=1S/C23H17N3O2S/c27-20-13-11-19(12-14-20)26-22(28)21(15-17-7-3-1-4-8-17)29-23(26)25-24-16-18-9-5-2-6-10-18/h1-16,27H/b21-15+,24-16-,25-23+. The highest BCUT2D eigenvalue weighted by Gasteiger charge is 2.34. The summed E-state index contributed by atoms with van der Waals surface area (Å²) in [5.41, 5.74) is 2.47. The van der Waals surface area contributed by atoms with Gasteiger partial charge in [-0.2, -0.15) is 5.10 Å². The van der Waals surface area contributed by atoms with Crippen molar-refractivity contribution in [3.63, 3.8) is 0 Å². The predicted octanol–water partition coefficient (Wildman–Crippen LogP) is 4.90. The second kappa shape index (κ2) is 8.58. The number of carbonyl (C=O) groups is 1. The molecule has 5 nitrogen and oxygen atoms in total. The second-order valence-electron chi connectivity index (χ2n) is 6.22. The van der Waals surface area contributed by atoms with Gasteiger partial charge < -0.3 is 5.11 Å². The lowest BCUT2D eigenvalue weighted by Gasteiger charge is -2.14. The van der Waals surface area contributed by atoms with Gasteiger partial charge in [-0.05, 0) is 53.2 Å². The highest BCUT2D eigenvalue weighted by molar-refractivity contribution is 8.19. The molecule has 29 heavy (non-hydrogen) atoms. The summed E-state index contributed by atoms with van der Waals surface area (Å²) < 4.78 is 0. The molecule has 0 aliphatic carbocycles. The van der Waals surface area contributed by atoms with Crippen LogP contribution in [0.25, 0.3) is 6.08 Å². The second-order valence-corrected chi connectivity index (χ2v) is 7.23. The number of aromatic hydroxyl groups is 1. The molecule has 1 N–H and O–H groups in total. The van der Waals surface area contributed by atoms with Gasteiger partial charge in [0.15, 0.2) is 0 Å². The molecule has 4 rings (SSSR count). The van der Waals surface area contributed by atoms with Crippen molar-refractivity contribution in [3.05, 3.63) is 101 Å². The molecule has 0 atom stereocenters. The number of thioether (sulfide) groups is 1. The molecule has 1 heterocycles. The number of hydrogen-bond acceptors (Lipinski definition) is 5. The maximum Gasteiger partial charge on any atom is 0.271 e. The molecule has 6 heteroatoms. The molecule has 3 aromatic rings. The fourth-order valence-corrected chi connectivity index (χ4v) is 3.69. The highest BCUT2D eigenvalue weighted by atomic mass is 32.2. The first-order chi connectivity index (χ1) is 14.2. The number of amides is 1. The SMILES string of the molecule is O=C1/C(=C\c2ccccc2)S/C(=N/N=C\c2ccccc2)N1c1ccc(O)cc1. The van der Waals surface area contributed by atoms with Gasteiger partial charge in [-0.1, -0.05) is 60.7 Å². The summed E-state index contributed by atoms with van der Waals surface area (Å²) in [6.07, 6.45) is 3.48. The van der Waals surface area contributed by atoms with Gasteiger partial charge in [0.1, 0.15) is 5.75 Å². The largest absolute Gasteiger partial charge is 0.508 e. The molecule has 1 aliphatic heterocycles. The van der Waals surface area contributed by atoms with E-state index in [0.29, 0.717) is 15.8 Å². The zero-order chi connectivity index (χ0) is 20.1. The highest BCUT2D eigenvalue weighted by Crippen LogP contribution is 2.36. The third-order valence-corrected chi connectivity index (χ3v) is 5.12. The van der Waals surface area contributed by atoms with Gasteiger partial charge in [-0.3, -0.25) is 9.69 Å². The molecule has 0 unspecified atom stereocenters. The Hall–Kier alpha value is -3.64. The van der Waals surface area contributed by atoms with Gasteiger partial charge >= 0.3 is 0 Å². The molecule has 0 bridgehead atoms. The van der Waals surface area contributed by atoms with E-state index < -0.39 is 0 Å². The third-order valence-electron chi connectivity index (χ3n) is 4.16. The fourth-order valence-electron chi connectivity index (χ4n) is 2.76. The Kier molecular flexibility index (Phi) is 5.54. The number of nitrogens with zero attached hydrogens (tertiary/aromatic N) is 3. The van der Waals surface area contributed by atoms with Crippen LogP contribution < -0.4 is 4.90 Å². The van der Waals surface area contributed by atoms with Gasteiger partial charge in [0.05, 0.1) is 16.8 Å². The van der Waals surface area contributed by atoms with Crippen molar-refractivity contribution < 1.29 is 9.90 Å². The zero-order valence-electron chi connectivity index (χ0n) is 15.3. The van der Waals surface area contributed by atoms with E-state index in [4.69, 9.17) is 0 Å². The van der Waals surface area contributed by atoms with Crippen LogP contribution in [0.3, 0.4) is 0 Å². The first-order valence-electron chi connectivity index (χ1n) is 8.95. The molecule has 3 aromatic carbocycles. The van der Waals surface area contributed by atoms with Crippen LogP contribution in [0.5, 0.6) is 5.75 Å². The minimum absolute atomic E-state index is 0.133. The average Bonchev–Trinajstić information content (AvgIpc) is 3.05. The Labute approximate surface area is 172 Å². The number of phenols is 1. The lowest BCUT2D eigenvalue weighted by atomic mass is 10.2. The first-order valence-corrected chi connectivity index (χ1v) is 9.76. The summed E-state index contributed by atoms with van der Waals surface area (Å²) in [4.78, 5) is 15.1. The average molecular weight is 399 g/mol. The van der Waals surface area contributed by atoms with E-state index in [0.717, 1.165) is 11.1 Å². The van der Waals surface area contributed by atoms with Gasteiger partial charge in [0.25, 0.3) is 5.91 Å². The van der Waals surface area contributed by atoms with Crippen molar-refractivity contribution in [1.82, 2.24) is 0 Å². The van der Waals surface area contributed by atoms with Crippen LogP contribution >= 0.6 is 11.8 Å². The van der Waals surface area contributed by atoms with Crippen LogP contribution in [-0.4, -0.2) is 22.4 Å². The minimum Gasteiger partial charge on any atom is -0.508 e. The summed E-state index contributed by atoms with van der Waals surface area (Å²) in [6.45, 7) is 0. The van der Waals surface area contributed by atoms with Gasteiger partial charge in [-0.15, -0.1) is 5.10 Å². The quantitative estimate of drug-likeness (QED) is 0.385. The van der Waals surface area contributed by atoms with E-state index in [-0.39, 0.29) is 11.7 Å². The van der Waals surface area contributed by atoms with Crippen LogP contribution in [0.1, 0.15) is 11.1 Å². The fraction of sp³-hybridized carbons (Fsp3) is 0. The molecule has 1 saturated heterocycles. The zero-order valence-corrected chi connectivity index (χ0v) is 16.2. The molecule has 142 valence electrons. The molecule has 1 amide bonds. The molecule has 0 spiro atoms. The molecule has 0 saturated carbocycles. The number of hydrogen-bond donors (Lipinski definition) is 1. The molecule has 0 aromatic heterocycles. The number of anilines is 1. The topological polar surface area (TPSA) is 65.3 Å². The van der Waals surface area contributed by atoms with E-state index in [1.54, 1.807) is 18.3 Å². The van der Waals surface area contributed by atoms with Crippen molar-refractivity contribution in [2.24, 2.45) is 10.2 Å². The number of benzene rings is 3. The van der Waals surface area contributed by atoms with Crippen molar-refractivity contribution >= 4 is 40.8 Å². The number of rotatable bonds is 4. The van der Waals surface area contributed by atoms with E-state index in [9.17, 15) is 9.90 Å². The lowest BCUT2D eigenvalue weighted by molar-refractivity contribution is -0.113. The van der Waals surface area contributed by atoms with E-state index in [1.165, 1.54) is 28.8 Å². The Morgan fingerprint density at radius 3 is 2.10 bits per heavy atom. The van der Waals surface area contributed by atoms with Crippen LogP contribution in [0.4, 0.5) is 5.69 Å².